The van der Waals surface area contributed by atoms with Crippen molar-refractivity contribution in [3.8, 4) is 6.07 Å². The lowest BCUT2D eigenvalue weighted by molar-refractivity contribution is 1.00. The van der Waals surface area contributed by atoms with E-state index < -0.39 is 0 Å². The standard InChI is InChI=1S/C13H14N6/c14-5-6-16-12-7-13(18-9-17-12)19-11-4-2-1-3-10(11)8-15/h1-4,7,9H,5-6,14H2,(H2,16,17,18,19). The summed E-state index contributed by atoms with van der Waals surface area (Å²) in [6, 6.07) is 11.1. The van der Waals surface area contributed by atoms with E-state index in [1.807, 2.05) is 18.2 Å². The monoisotopic (exact) mass is 254 g/mol. The number of hydrogen-bond donors (Lipinski definition) is 3. The Hall–Kier alpha value is -2.65. The molecule has 96 valence electrons. The molecular formula is C13H14N6. The van der Waals surface area contributed by atoms with E-state index in [0.29, 0.717) is 36.0 Å². The first-order valence-corrected chi connectivity index (χ1v) is 5.85. The van der Waals surface area contributed by atoms with Crippen molar-refractivity contribution in [2.24, 2.45) is 5.73 Å². The highest BCUT2D eigenvalue weighted by molar-refractivity contribution is 5.65. The van der Waals surface area contributed by atoms with E-state index in [4.69, 9.17) is 11.0 Å². The summed E-state index contributed by atoms with van der Waals surface area (Å²) >= 11 is 0. The molecule has 0 aliphatic carbocycles. The van der Waals surface area contributed by atoms with Crippen LogP contribution >= 0.6 is 0 Å². The summed E-state index contributed by atoms with van der Waals surface area (Å²) in [5.41, 5.74) is 6.70. The van der Waals surface area contributed by atoms with E-state index in [0.717, 1.165) is 0 Å². The van der Waals surface area contributed by atoms with Gasteiger partial charge < -0.3 is 16.4 Å². The molecule has 1 heterocycles. The molecule has 0 amide bonds. The molecule has 0 radical (unpaired) electrons. The highest BCUT2D eigenvalue weighted by Crippen LogP contribution is 2.19. The smallest absolute Gasteiger partial charge is 0.135 e. The Labute approximate surface area is 111 Å². The van der Waals surface area contributed by atoms with Gasteiger partial charge in [0.2, 0.25) is 0 Å². The molecule has 4 N–H and O–H groups in total. The third-order valence-electron chi connectivity index (χ3n) is 2.43. The molecule has 0 atom stereocenters. The summed E-state index contributed by atoms with van der Waals surface area (Å²) in [5.74, 6) is 1.31. The minimum absolute atomic E-state index is 0.532. The van der Waals surface area contributed by atoms with Crippen LogP contribution in [-0.4, -0.2) is 23.1 Å². The summed E-state index contributed by atoms with van der Waals surface area (Å²) in [5, 5.41) is 15.2. The van der Waals surface area contributed by atoms with Gasteiger partial charge in [-0.25, -0.2) is 9.97 Å². The second-order valence-corrected chi connectivity index (χ2v) is 3.79. The second kappa shape index (κ2) is 6.33. The number of nitrogens with two attached hydrogens (primary N) is 1. The maximum Gasteiger partial charge on any atom is 0.135 e. The Balaban J connectivity index is 2.17. The SMILES string of the molecule is N#Cc1ccccc1Nc1cc(NCCN)ncn1. The van der Waals surface area contributed by atoms with Crippen LogP contribution in [-0.2, 0) is 0 Å². The van der Waals surface area contributed by atoms with Crippen molar-refractivity contribution in [1.29, 1.82) is 5.26 Å². The molecule has 0 aliphatic rings. The minimum atomic E-state index is 0.532. The Morgan fingerprint density at radius 2 is 2.00 bits per heavy atom. The number of para-hydroxylation sites is 1. The molecule has 6 nitrogen and oxygen atoms in total. The molecule has 2 rings (SSSR count). The van der Waals surface area contributed by atoms with Gasteiger partial charge in [-0.05, 0) is 12.1 Å². The van der Waals surface area contributed by atoms with Crippen molar-refractivity contribution in [2.45, 2.75) is 0 Å². The molecule has 0 unspecified atom stereocenters. The van der Waals surface area contributed by atoms with Crippen molar-refractivity contribution < 1.29 is 0 Å². The van der Waals surface area contributed by atoms with Crippen LogP contribution in [0.4, 0.5) is 17.3 Å². The Morgan fingerprint density at radius 3 is 2.79 bits per heavy atom. The van der Waals surface area contributed by atoms with E-state index in [9.17, 15) is 0 Å². The highest BCUT2D eigenvalue weighted by Gasteiger charge is 2.03. The summed E-state index contributed by atoms with van der Waals surface area (Å²) < 4.78 is 0. The van der Waals surface area contributed by atoms with Crippen LogP contribution in [0.1, 0.15) is 5.56 Å². The van der Waals surface area contributed by atoms with Gasteiger partial charge in [0.1, 0.15) is 24.0 Å². The van der Waals surface area contributed by atoms with Crippen LogP contribution in [0.15, 0.2) is 36.7 Å². The molecule has 0 bridgehead atoms. The van der Waals surface area contributed by atoms with E-state index >= 15 is 0 Å². The molecule has 19 heavy (non-hydrogen) atoms. The molecule has 0 saturated carbocycles. The summed E-state index contributed by atoms with van der Waals surface area (Å²) in [6.45, 7) is 1.18. The van der Waals surface area contributed by atoms with Crippen LogP contribution in [0.3, 0.4) is 0 Å². The molecule has 0 spiro atoms. The first-order valence-electron chi connectivity index (χ1n) is 5.85. The van der Waals surface area contributed by atoms with Gasteiger partial charge in [-0.3, -0.25) is 0 Å². The molecule has 1 aromatic carbocycles. The van der Waals surface area contributed by atoms with Gasteiger partial charge in [0, 0.05) is 19.2 Å². The van der Waals surface area contributed by atoms with E-state index in [1.54, 1.807) is 12.1 Å². The molecule has 1 aromatic heterocycles. The Bertz CT molecular complexity index is 590. The largest absolute Gasteiger partial charge is 0.369 e. The summed E-state index contributed by atoms with van der Waals surface area (Å²) in [4.78, 5) is 8.19. The summed E-state index contributed by atoms with van der Waals surface area (Å²) in [6.07, 6.45) is 1.45. The topological polar surface area (TPSA) is 99.7 Å². The number of aromatic nitrogens is 2. The zero-order chi connectivity index (χ0) is 13.5. The number of hydrogen-bond acceptors (Lipinski definition) is 6. The lowest BCUT2D eigenvalue weighted by atomic mass is 10.2. The molecule has 0 fully saturated rings. The van der Waals surface area contributed by atoms with E-state index in [2.05, 4.69) is 26.7 Å². The number of benzene rings is 1. The van der Waals surface area contributed by atoms with Gasteiger partial charge >= 0.3 is 0 Å². The predicted octanol–water partition coefficient (Wildman–Crippen LogP) is 1.46. The molecule has 6 heteroatoms. The van der Waals surface area contributed by atoms with Gasteiger partial charge in [0.05, 0.1) is 11.3 Å². The van der Waals surface area contributed by atoms with Crippen molar-refractivity contribution in [3.63, 3.8) is 0 Å². The number of rotatable bonds is 5. The number of nitriles is 1. The number of nitrogens with zero attached hydrogens (tertiary/aromatic N) is 3. The molecule has 2 aromatic rings. The maximum atomic E-state index is 9.02. The first kappa shape index (κ1) is 12.8. The Morgan fingerprint density at radius 1 is 1.21 bits per heavy atom. The fourth-order valence-electron chi connectivity index (χ4n) is 1.55. The van der Waals surface area contributed by atoms with Gasteiger partial charge in [0.25, 0.3) is 0 Å². The quantitative estimate of drug-likeness (QED) is 0.747. The van der Waals surface area contributed by atoms with Crippen LogP contribution in [0.5, 0.6) is 0 Å². The predicted molar refractivity (Wildman–Crippen MR) is 74.0 cm³/mol. The van der Waals surface area contributed by atoms with Gasteiger partial charge in [0.15, 0.2) is 0 Å². The van der Waals surface area contributed by atoms with Gasteiger partial charge in [-0.2, -0.15) is 5.26 Å². The zero-order valence-corrected chi connectivity index (χ0v) is 10.3. The normalized spacial score (nSPS) is 9.68. The van der Waals surface area contributed by atoms with Gasteiger partial charge in [-0.15, -0.1) is 0 Å². The van der Waals surface area contributed by atoms with Crippen LogP contribution < -0.4 is 16.4 Å². The second-order valence-electron chi connectivity index (χ2n) is 3.79. The maximum absolute atomic E-state index is 9.02. The Kier molecular flexibility index (Phi) is 4.26. The van der Waals surface area contributed by atoms with E-state index in [1.165, 1.54) is 6.33 Å². The molecule has 0 saturated heterocycles. The van der Waals surface area contributed by atoms with Crippen molar-refractivity contribution in [3.05, 3.63) is 42.2 Å². The third-order valence-corrected chi connectivity index (χ3v) is 2.43. The summed E-state index contributed by atoms with van der Waals surface area (Å²) in [7, 11) is 0. The fourth-order valence-corrected chi connectivity index (χ4v) is 1.55. The average Bonchev–Trinajstić information content (AvgIpc) is 2.46. The zero-order valence-electron chi connectivity index (χ0n) is 10.3. The minimum Gasteiger partial charge on any atom is -0.369 e. The third kappa shape index (κ3) is 3.40. The van der Waals surface area contributed by atoms with Crippen LogP contribution in [0.2, 0.25) is 0 Å². The van der Waals surface area contributed by atoms with Gasteiger partial charge in [-0.1, -0.05) is 12.1 Å². The lowest BCUT2D eigenvalue weighted by Crippen LogP contribution is -2.14. The van der Waals surface area contributed by atoms with Crippen LogP contribution in [0.25, 0.3) is 0 Å². The van der Waals surface area contributed by atoms with Crippen LogP contribution in [0, 0.1) is 11.3 Å². The van der Waals surface area contributed by atoms with E-state index in [-0.39, 0.29) is 0 Å². The first-order chi connectivity index (χ1) is 9.33. The fraction of sp³-hybridized carbons (Fsp3) is 0.154. The van der Waals surface area contributed by atoms with Crippen molar-refractivity contribution in [2.75, 3.05) is 23.7 Å². The molecule has 0 aliphatic heterocycles. The van der Waals surface area contributed by atoms with Crippen molar-refractivity contribution >= 4 is 17.3 Å². The lowest BCUT2D eigenvalue weighted by Gasteiger charge is -2.08. The van der Waals surface area contributed by atoms with Crippen molar-refractivity contribution in [1.82, 2.24) is 9.97 Å². The number of anilines is 3. The number of nitrogens with one attached hydrogen (secondary N) is 2. The highest BCUT2D eigenvalue weighted by atomic mass is 15.1. The average molecular weight is 254 g/mol. The molecular weight excluding hydrogens is 240 g/mol.